The molecule has 0 unspecified atom stereocenters. The lowest BCUT2D eigenvalue weighted by Crippen LogP contribution is -2.10. The van der Waals surface area contributed by atoms with Crippen LogP contribution in [0.4, 0.5) is 5.82 Å². The molecule has 0 aliphatic heterocycles. The van der Waals surface area contributed by atoms with Crippen molar-refractivity contribution in [2.75, 3.05) is 5.43 Å². The highest BCUT2D eigenvalue weighted by molar-refractivity contribution is 7.99. The van der Waals surface area contributed by atoms with Crippen molar-refractivity contribution >= 4 is 17.6 Å². The number of hydrogen-bond donors (Lipinski definition) is 2. The second-order valence-corrected chi connectivity index (χ2v) is 4.68. The lowest BCUT2D eigenvalue weighted by molar-refractivity contribution is 0.763. The van der Waals surface area contributed by atoms with Crippen LogP contribution in [0, 0.1) is 6.92 Å². The van der Waals surface area contributed by atoms with E-state index in [9.17, 15) is 0 Å². The summed E-state index contributed by atoms with van der Waals surface area (Å²) in [7, 11) is 1.92. The predicted molar refractivity (Wildman–Crippen MR) is 69.1 cm³/mol. The lowest BCUT2D eigenvalue weighted by Gasteiger charge is -2.05. The van der Waals surface area contributed by atoms with E-state index in [4.69, 9.17) is 5.84 Å². The van der Waals surface area contributed by atoms with Crippen LogP contribution in [0.3, 0.4) is 0 Å². The zero-order chi connectivity index (χ0) is 13.1. The summed E-state index contributed by atoms with van der Waals surface area (Å²) in [5.74, 6) is 7.59. The fraction of sp³-hybridized carbons (Fsp3) is 0.400. The Morgan fingerprint density at radius 3 is 2.72 bits per heavy atom. The molecule has 0 radical (unpaired) electrons. The summed E-state index contributed by atoms with van der Waals surface area (Å²) >= 11 is 1.44. The van der Waals surface area contributed by atoms with Gasteiger partial charge in [-0.1, -0.05) is 6.92 Å². The Morgan fingerprint density at radius 2 is 2.17 bits per heavy atom. The molecule has 0 atom stereocenters. The minimum Gasteiger partial charge on any atom is -0.309 e. The number of nitrogen functional groups attached to an aromatic ring is 1. The third kappa shape index (κ3) is 2.59. The van der Waals surface area contributed by atoms with E-state index in [0.29, 0.717) is 5.82 Å². The first-order valence-corrected chi connectivity index (χ1v) is 6.34. The van der Waals surface area contributed by atoms with Crippen LogP contribution in [0.1, 0.15) is 18.6 Å². The minimum absolute atomic E-state index is 0.600. The van der Waals surface area contributed by atoms with E-state index in [1.807, 2.05) is 25.5 Å². The molecule has 7 nitrogen and oxygen atoms in total. The summed E-state index contributed by atoms with van der Waals surface area (Å²) in [5, 5.41) is 9.68. The molecule has 0 saturated heterocycles. The Labute approximate surface area is 109 Å². The zero-order valence-electron chi connectivity index (χ0n) is 10.5. The van der Waals surface area contributed by atoms with Crippen molar-refractivity contribution < 1.29 is 0 Å². The number of nitrogens with one attached hydrogen (secondary N) is 1. The van der Waals surface area contributed by atoms with Crippen molar-refractivity contribution in [2.24, 2.45) is 12.9 Å². The van der Waals surface area contributed by atoms with Crippen LogP contribution < -0.4 is 11.3 Å². The summed E-state index contributed by atoms with van der Waals surface area (Å²) in [6.07, 6.45) is 0.751. The van der Waals surface area contributed by atoms with E-state index in [2.05, 4.69) is 25.6 Å². The van der Waals surface area contributed by atoms with Gasteiger partial charge < -0.3 is 9.99 Å². The smallest absolute Gasteiger partial charge is 0.197 e. The van der Waals surface area contributed by atoms with Crippen LogP contribution in [0.15, 0.2) is 16.2 Å². The Kier molecular flexibility index (Phi) is 3.78. The van der Waals surface area contributed by atoms with Gasteiger partial charge in [-0.05, 0) is 18.7 Å². The molecule has 3 N–H and O–H groups in total. The second-order valence-electron chi connectivity index (χ2n) is 3.70. The van der Waals surface area contributed by atoms with E-state index in [1.54, 1.807) is 6.07 Å². The summed E-state index contributed by atoms with van der Waals surface area (Å²) in [6.45, 7) is 3.90. The van der Waals surface area contributed by atoms with Crippen LogP contribution in [0.2, 0.25) is 0 Å². The molecule has 2 aromatic rings. The van der Waals surface area contributed by atoms with E-state index in [1.165, 1.54) is 11.8 Å². The maximum Gasteiger partial charge on any atom is 0.197 e. The Bertz CT molecular complexity index is 529. The van der Waals surface area contributed by atoms with Crippen molar-refractivity contribution in [1.29, 1.82) is 0 Å². The van der Waals surface area contributed by atoms with Gasteiger partial charge in [0.05, 0.1) is 0 Å². The normalized spacial score (nSPS) is 10.7. The van der Waals surface area contributed by atoms with Crippen molar-refractivity contribution in [3.8, 4) is 0 Å². The van der Waals surface area contributed by atoms with E-state index >= 15 is 0 Å². The molecule has 0 saturated carbocycles. The van der Waals surface area contributed by atoms with Crippen LogP contribution in [-0.4, -0.2) is 24.7 Å². The van der Waals surface area contributed by atoms with Crippen molar-refractivity contribution in [2.45, 2.75) is 30.5 Å². The Morgan fingerprint density at radius 1 is 1.39 bits per heavy atom. The molecule has 0 bridgehead atoms. The lowest BCUT2D eigenvalue weighted by atomic mass is 10.4. The largest absolute Gasteiger partial charge is 0.309 e. The van der Waals surface area contributed by atoms with Gasteiger partial charge in [0.1, 0.15) is 22.5 Å². The number of hydrogen-bond acceptors (Lipinski definition) is 7. The Hall–Kier alpha value is -1.67. The number of aryl methyl sites for hydroxylation is 2. The minimum atomic E-state index is 0.600. The van der Waals surface area contributed by atoms with Crippen LogP contribution >= 0.6 is 11.8 Å². The summed E-state index contributed by atoms with van der Waals surface area (Å²) in [5.41, 5.74) is 2.54. The van der Waals surface area contributed by atoms with Gasteiger partial charge in [-0.2, -0.15) is 0 Å². The highest BCUT2D eigenvalue weighted by Gasteiger charge is 2.10. The SMILES string of the molecule is CCc1nc(NN)cc(Sc2nnc(C)n2C)n1. The number of rotatable bonds is 4. The highest BCUT2D eigenvalue weighted by atomic mass is 32.2. The quantitative estimate of drug-likeness (QED) is 0.482. The molecule has 0 aliphatic carbocycles. The number of nitrogens with zero attached hydrogens (tertiary/aromatic N) is 5. The standard InChI is InChI=1S/C10H15N7S/c1-4-7-12-8(14-11)5-9(13-7)18-10-16-15-6(2)17(10)3/h5H,4,11H2,1-3H3,(H,12,13,14). The third-order valence-electron chi connectivity index (χ3n) is 2.46. The summed E-state index contributed by atoms with van der Waals surface area (Å²) < 4.78 is 1.91. The molecule has 0 amide bonds. The topological polar surface area (TPSA) is 94.5 Å². The van der Waals surface area contributed by atoms with Crippen molar-refractivity contribution in [3.05, 3.63) is 17.7 Å². The second kappa shape index (κ2) is 5.32. The molecular formula is C10H15N7S. The van der Waals surface area contributed by atoms with Crippen LogP contribution in [0.25, 0.3) is 0 Å². The van der Waals surface area contributed by atoms with Gasteiger partial charge in [0.2, 0.25) is 0 Å². The predicted octanol–water partition coefficient (Wildman–Crippen LogP) is 0.913. The molecule has 8 heteroatoms. The fourth-order valence-electron chi connectivity index (χ4n) is 1.33. The van der Waals surface area contributed by atoms with Gasteiger partial charge in [-0.15, -0.1) is 10.2 Å². The Balaban J connectivity index is 2.31. The van der Waals surface area contributed by atoms with Crippen LogP contribution in [0.5, 0.6) is 0 Å². The number of aromatic nitrogens is 5. The average Bonchev–Trinajstić information content (AvgIpc) is 2.70. The summed E-state index contributed by atoms with van der Waals surface area (Å²) in [6, 6.07) is 1.79. The van der Waals surface area contributed by atoms with Gasteiger partial charge in [0.25, 0.3) is 0 Å². The number of hydrazine groups is 1. The van der Waals surface area contributed by atoms with Crippen LogP contribution in [-0.2, 0) is 13.5 Å². The first kappa shape index (κ1) is 12.8. The average molecular weight is 265 g/mol. The number of anilines is 1. The molecule has 0 spiro atoms. The summed E-state index contributed by atoms with van der Waals surface area (Å²) in [4.78, 5) is 8.66. The van der Waals surface area contributed by atoms with Gasteiger partial charge in [-0.3, -0.25) is 0 Å². The monoisotopic (exact) mass is 265 g/mol. The van der Waals surface area contributed by atoms with Gasteiger partial charge in [-0.25, -0.2) is 15.8 Å². The molecule has 0 aromatic carbocycles. The molecule has 0 aliphatic rings. The maximum atomic E-state index is 5.39. The van der Waals surface area contributed by atoms with E-state index in [-0.39, 0.29) is 0 Å². The molecule has 2 aromatic heterocycles. The first-order chi connectivity index (χ1) is 8.63. The van der Waals surface area contributed by atoms with Crippen molar-refractivity contribution in [1.82, 2.24) is 24.7 Å². The molecule has 96 valence electrons. The molecule has 2 rings (SSSR count). The van der Waals surface area contributed by atoms with Crippen molar-refractivity contribution in [3.63, 3.8) is 0 Å². The van der Waals surface area contributed by atoms with Gasteiger partial charge in [0.15, 0.2) is 5.16 Å². The van der Waals surface area contributed by atoms with Gasteiger partial charge in [0, 0.05) is 19.5 Å². The molecule has 18 heavy (non-hydrogen) atoms. The fourth-order valence-corrected chi connectivity index (χ4v) is 2.19. The maximum absolute atomic E-state index is 5.39. The molecule has 0 fully saturated rings. The zero-order valence-corrected chi connectivity index (χ0v) is 11.3. The van der Waals surface area contributed by atoms with E-state index in [0.717, 1.165) is 28.3 Å². The van der Waals surface area contributed by atoms with Gasteiger partial charge >= 0.3 is 0 Å². The van der Waals surface area contributed by atoms with E-state index < -0.39 is 0 Å². The molecule has 2 heterocycles. The third-order valence-corrected chi connectivity index (χ3v) is 3.42. The first-order valence-electron chi connectivity index (χ1n) is 5.52. The molecular weight excluding hydrogens is 250 g/mol. The number of nitrogens with two attached hydrogens (primary N) is 1. The highest BCUT2D eigenvalue weighted by Crippen LogP contribution is 2.25.